The lowest BCUT2D eigenvalue weighted by atomic mass is 9.45. The molecular weight excluding hydrogens is 494 g/mol. The number of anilines is 1. The minimum atomic E-state index is -1.04. The largest absolute Gasteiger partial charge is 0.339 e. The van der Waals surface area contributed by atoms with E-state index in [4.69, 9.17) is 10.9 Å². The second-order valence-corrected chi connectivity index (χ2v) is 11.0. The SMILES string of the molecule is CC1(C)[C@H]2CC[C@@H](CNCC(=O)Nc3ccc(C#Cc4ccc(C(=O)N[C@@H](CN)C(=O)NO)cc4)cc3)[C@H]1C2. The maximum Gasteiger partial charge on any atom is 0.267 e. The van der Waals surface area contributed by atoms with Crippen LogP contribution in [-0.4, -0.2) is 48.6 Å². The molecule has 0 saturated heterocycles. The standard InChI is InChI=1S/C30H37N5O4/c1-30(2)23-12-11-22(25(30)15-23)17-32-18-27(36)33-24-13-7-20(8-14-24)4-3-19-5-9-21(10-6-19)28(37)34-26(16-31)29(38)35-39/h5-10,13-14,22-23,25-26,32,39H,11-12,15-18,31H2,1-2H3,(H,33,36)(H,34,37)(H,35,38)/t22-,23-,25+,26-/m0/s1. The fourth-order valence-corrected chi connectivity index (χ4v) is 5.82. The van der Waals surface area contributed by atoms with E-state index < -0.39 is 17.9 Å². The van der Waals surface area contributed by atoms with Crippen molar-refractivity contribution in [2.45, 2.75) is 39.2 Å². The van der Waals surface area contributed by atoms with E-state index in [1.54, 1.807) is 24.3 Å². The highest BCUT2D eigenvalue weighted by atomic mass is 16.5. The van der Waals surface area contributed by atoms with E-state index in [0.29, 0.717) is 34.7 Å². The predicted molar refractivity (Wildman–Crippen MR) is 149 cm³/mol. The molecule has 0 aliphatic heterocycles. The van der Waals surface area contributed by atoms with Crippen molar-refractivity contribution in [3.63, 3.8) is 0 Å². The van der Waals surface area contributed by atoms with Gasteiger partial charge >= 0.3 is 0 Å². The van der Waals surface area contributed by atoms with Crippen molar-refractivity contribution >= 4 is 23.4 Å². The number of amides is 3. The number of hydrogen-bond acceptors (Lipinski definition) is 6. The molecule has 5 rings (SSSR count). The van der Waals surface area contributed by atoms with Crippen molar-refractivity contribution in [2.75, 3.05) is 25.0 Å². The van der Waals surface area contributed by atoms with E-state index >= 15 is 0 Å². The zero-order chi connectivity index (χ0) is 28.0. The van der Waals surface area contributed by atoms with Crippen LogP contribution in [0.1, 0.15) is 54.6 Å². The predicted octanol–water partition coefficient (Wildman–Crippen LogP) is 2.25. The molecule has 3 amide bonds. The van der Waals surface area contributed by atoms with E-state index in [9.17, 15) is 14.4 Å². The summed E-state index contributed by atoms with van der Waals surface area (Å²) in [7, 11) is 0. The number of hydrogen-bond donors (Lipinski definition) is 6. The van der Waals surface area contributed by atoms with Crippen LogP contribution < -0.4 is 27.2 Å². The van der Waals surface area contributed by atoms with Gasteiger partial charge in [0.2, 0.25) is 5.91 Å². The molecule has 3 aliphatic rings. The van der Waals surface area contributed by atoms with Crippen molar-refractivity contribution in [1.82, 2.24) is 16.1 Å². The van der Waals surface area contributed by atoms with Crippen molar-refractivity contribution in [3.8, 4) is 11.8 Å². The Morgan fingerprint density at radius 1 is 1.03 bits per heavy atom. The highest BCUT2D eigenvalue weighted by Gasteiger charge is 2.53. The lowest BCUT2D eigenvalue weighted by molar-refractivity contribution is -0.130. The van der Waals surface area contributed by atoms with Gasteiger partial charge in [-0.15, -0.1) is 0 Å². The van der Waals surface area contributed by atoms with Crippen LogP contribution in [0.5, 0.6) is 0 Å². The topological polar surface area (TPSA) is 146 Å². The molecule has 206 valence electrons. The van der Waals surface area contributed by atoms with Crippen molar-refractivity contribution in [3.05, 3.63) is 65.2 Å². The molecule has 3 fully saturated rings. The maximum absolute atomic E-state index is 12.4. The first-order chi connectivity index (χ1) is 18.7. The second kappa shape index (κ2) is 12.4. The van der Waals surface area contributed by atoms with E-state index in [0.717, 1.165) is 23.9 Å². The summed E-state index contributed by atoms with van der Waals surface area (Å²) in [6.07, 6.45) is 3.91. The van der Waals surface area contributed by atoms with Gasteiger partial charge in [0.05, 0.1) is 6.54 Å². The van der Waals surface area contributed by atoms with Crippen LogP contribution in [-0.2, 0) is 9.59 Å². The van der Waals surface area contributed by atoms with Crippen molar-refractivity contribution in [1.29, 1.82) is 0 Å². The number of nitrogens with two attached hydrogens (primary N) is 1. The summed E-state index contributed by atoms with van der Waals surface area (Å²) in [6, 6.07) is 12.9. The molecule has 0 unspecified atom stereocenters. The average molecular weight is 532 g/mol. The fourth-order valence-electron chi connectivity index (χ4n) is 5.82. The van der Waals surface area contributed by atoms with Gasteiger partial charge in [-0.2, -0.15) is 0 Å². The van der Waals surface area contributed by atoms with Gasteiger partial charge in [0.15, 0.2) is 0 Å². The highest BCUT2D eigenvalue weighted by Crippen LogP contribution is 2.61. The molecule has 4 atom stereocenters. The van der Waals surface area contributed by atoms with Crippen LogP contribution in [0.3, 0.4) is 0 Å². The molecule has 0 spiro atoms. The Bertz CT molecular complexity index is 1240. The molecule has 0 aromatic heterocycles. The van der Waals surface area contributed by atoms with Gasteiger partial charge in [0.25, 0.3) is 11.8 Å². The summed E-state index contributed by atoms with van der Waals surface area (Å²) >= 11 is 0. The Balaban J connectivity index is 1.22. The Morgan fingerprint density at radius 3 is 2.23 bits per heavy atom. The zero-order valence-electron chi connectivity index (χ0n) is 22.4. The van der Waals surface area contributed by atoms with Crippen LogP contribution in [0, 0.1) is 35.0 Å². The van der Waals surface area contributed by atoms with Crippen LogP contribution in [0.15, 0.2) is 48.5 Å². The summed E-state index contributed by atoms with van der Waals surface area (Å²) in [5.41, 5.74) is 9.92. The minimum absolute atomic E-state index is 0.0608. The van der Waals surface area contributed by atoms with Crippen LogP contribution in [0.2, 0.25) is 0 Å². The number of rotatable bonds is 9. The minimum Gasteiger partial charge on any atom is -0.339 e. The molecule has 3 aliphatic carbocycles. The molecule has 2 aromatic carbocycles. The maximum atomic E-state index is 12.4. The van der Waals surface area contributed by atoms with E-state index in [1.807, 2.05) is 24.3 Å². The van der Waals surface area contributed by atoms with Gasteiger partial charge in [-0.25, -0.2) is 5.48 Å². The van der Waals surface area contributed by atoms with Gasteiger partial charge in [-0.05, 0) is 97.5 Å². The molecule has 9 heteroatoms. The Kier molecular flexibility index (Phi) is 9.02. The lowest BCUT2D eigenvalue weighted by Crippen LogP contribution is -2.54. The monoisotopic (exact) mass is 531 g/mol. The third kappa shape index (κ3) is 6.84. The summed E-state index contributed by atoms with van der Waals surface area (Å²) in [5, 5.41) is 17.5. The van der Waals surface area contributed by atoms with Gasteiger partial charge in [-0.3, -0.25) is 19.6 Å². The molecule has 9 nitrogen and oxygen atoms in total. The van der Waals surface area contributed by atoms with E-state index in [-0.39, 0.29) is 12.5 Å². The first-order valence-corrected chi connectivity index (χ1v) is 13.4. The molecule has 2 aromatic rings. The molecule has 2 bridgehead atoms. The van der Waals surface area contributed by atoms with Gasteiger partial charge in [0.1, 0.15) is 6.04 Å². The molecule has 0 radical (unpaired) electrons. The molecule has 7 N–H and O–H groups in total. The molecule has 39 heavy (non-hydrogen) atoms. The third-order valence-corrected chi connectivity index (χ3v) is 8.33. The van der Waals surface area contributed by atoms with Crippen molar-refractivity contribution in [2.24, 2.45) is 28.9 Å². The smallest absolute Gasteiger partial charge is 0.267 e. The van der Waals surface area contributed by atoms with Crippen LogP contribution in [0.25, 0.3) is 0 Å². The number of benzene rings is 2. The zero-order valence-corrected chi connectivity index (χ0v) is 22.4. The fraction of sp³-hybridized carbons (Fsp3) is 0.433. The Labute approximate surface area is 229 Å². The van der Waals surface area contributed by atoms with Gasteiger partial charge in [-0.1, -0.05) is 25.7 Å². The molecule has 0 heterocycles. The third-order valence-electron chi connectivity index (χ3n) is 8.33. The number of nitrogens with one attached hydrogen (secondary N) is 4. The van der Waals surface area contributed by atoms with Gasteiger partial charge in [0, 0.05) is 28.9 Å². The van der Waals surface area contributed by atoms with Crippen LogP contribution in [0.4, 0.5) is 5.69 Å². The van der Waals surface area contributed by atoms with E-state index in [1.165, 1.54) is 24.7 Å². The summed E-state index contributed by atoms with van der Waals surface area (Å²) < 4.78 is 0. The second-order valence-electron chi connectivity index (χ2n) is 11.0. The Morgan fingerprint density at radius 2 is 1.67 bits per heavy atom. The summed E-state index contributed by atoms with van der Waals surface area (Å²) in [5.74, 6) is 7.09. The summed E-state index contributed by atoms with van der Waals surface area (Å²) in [6.45, 7) is 5.81. The van der Waals surface area contributed by atoms with Crippen LogP contribution >= 0.6 is 0 Å². The Hall–Kier alpha value is -3.71. The molecular formula is C30H37N5O4. The molecule has 3 saturated carbocycles. The highest BCUT2D eigenvalue weighted by molar-refractivity contribution is 5.97. The quantitative estimate of drug-likeness (QED) is 0.166. The first kappa shape index (κ1) is 28.3. The first-order valence-electron chi connectivity index (χ1n) is 13.4. The number of hydroxylamine groups is 1. The number of fused-ring (bicyclic) bond motifs is 2. The van der Waals surface area contributed by atoms with E-state index in [2.05, 4.69) is 41.6 Å². The van der Waals surface area contributed by atoms with Crippen molar-refractivity contribution < 1.29 is 19.6 Å². The summed E-state index contributed by atoms with van der Waals surface area (Å²) in [4.78, 5) is 36.2. The van der Waals surface area contributed by atoms with Gasteiger partial charge < -0.3 is 21.7 Å². The normalized spacial score (nSPS) is 21.4. The number of carbonyl (C=O) groups excluding carboxylic acids is 3. The number of carbonyl (C=O) groups is 3. The average Bonchev–Trinajstić information content (AvgIpc) is 2.95. The lowest BCUT2D eigenvalue weighted by Gasteiger charge is -2.60.